The van der Waals surface area contributed by atoms with Gasteiger partial charge in [0.05, 0.1) is 30.2 Å². The van der Waals surface area contributed by atoms with Crippen LogP contribution in [0.1, 0.15) is 11.5 Å². The zero-order chi connectivity index (χ0) is 14.3. The molecule has 1 saturated carbocycles. The van der Waals surface area contributed by atoms with Gasteiger partial charge in [0.25, 0.3) is 0 Å². The van der Waals surface area contributed by atoms with Gasteiger partial charge in [0.2, 0.25) is 0 Å². The van der Waals surface area contributed by atoms with E-state index in [1.807, 2.05) is 0 Å². The van der Waals surface area contributed by atoms with Crippen LogP contribution in [0.25, 0.3) is 0 Å². The second kappa shape index (κ2) is 3.77. The summed E-state index contributed by atoms with van der Waals surface area (Å²) in [4.78, 5) is 0. The highest BCUT2D eigenvalue weighted by Gasteiger charge is 2.82. The molecule has 1 aromatic rings. The number of nitrogens with zero attached hydrogens (tertiary/aromatic N) is 4. The van der Waals surface area contributed by atoms with E-state index in [-0.39, 0.29) is 5.56 Å². The van der Waals surface area contributed by atoms with Crippen LogP contribution in [0.5, 0.6) is 0 Å². The zero-order valence-electron chi connectivity index (χ0n) is 9.35. The van der Waals surface area contributed by atoms with Crippen molar-refractivity contribution in [2.75, 3.05) is 0 Å². The van der Waals surface area contributed by atoms with Crippen LogP contribution in [-0.2, 0) is 0 Å². The molecule has 1 aliphatic carbocycles. The van der Waals surface area contributed by atoms with Gasteiger partial charge in [-0.25, -0.2) is 8.78 Å². The van der Waals surface area contributed by atoms with Crippen LogP contribution in [-0.4, -0.2) is 0 Å². The highest BCUT2D eigenvalue weighted by Crippen LogP contribution is 2.73. The summed E-state index contributed by atoms with van der Waals surface area (Å²) in [5.41, 5.74) is -4.02. The number of rotatable bonds is 1. The average molecular weight is 254 g/mol. The summed E-state index contributed by atoms with van der Waals surface area (Å²) in [5.74, 6) is -3.00. The number of hydrogen-bond donors (Lipinski definition) is 0. The summed E-state index contributed by atoms with van der Waals surface area (Å²) in [6.45, 7) is 0. The third-order valence-corrected chi connectivity index (χ3v) is 3.38. The van der Waals surface area contributed by atoms with Gasteiger partial charge in [-0.15, -0.1) is 0 Å². The van der Waals surface area contributed by atoms with E-state index in [1.165, 1.54) is 0 Å². The molecule has 0 spiro atoms. The maximum Gasteiger partial charge on any atom is 0.185 e. The Bertz CT molecular complexity index is 661. The van der Waals surface area contributed by atoms with Gasteiger partial charge in [0, 0.05) is 6.07 Å². The maximum atomic E-state index is 13.7. The van der Waals surface area contributed by atoms with Gasteiger partial charge in [-0.2, -0.15) is 21.0 Å². The van der Waals surface area contributed by atoms with Gasteiger partial charge in [-0.05, 0) is 11.6 Å². The molecule has 0 radical (unpaired) electrons. The Morgan fingerprint density at radius 3 is 1.74 bits per heavy atom. The lowest BCUT2D eigenvalue weighted by Crippen LogP contribution is -2.05. The van der Waals surface area contributed by atoms with Gasteiger partial charge < -0.3 is 0 Å². The summed E-state index contributed by atoms with van der Waals surface area (Å²) >= 11 is 0. The predicted molar refractivity (Wildman–Crippen MR) is 56.4 cm³/mol. The number of halogens is 2. The van der Waals surface area contributed by atoms with E-state index in [2.05, 4.69) is 0 Å². The summed E-state index contributed by atoms with van der Waals surface area (Å²) in [6, 6.07) is 9.07. The molecule has 0 atom stereocenters. The third kappa shape index (κ3) is 1.26. The van der Waals surface area contributed by atoms with E-state index < -0.39 is 28.4 Å². The number of benzene rings is 1. The molecule has 1 aromatic carbocycles. The minimum Gasteiger partial charge on any atom is -0.207 e. The van der Waals surface area contributed by atoms with E-state index in [1.54, 1.807) is 24.3 Å². The molecule has 2 rings (SSSR count). The first-order chi connectivity index (χ1) is 9.02. The highest BCUT2D eigenvalue weighted by molar-refractivity contribution is 5.59. The molecule has 0 aromatic heterocycles. The van der Waals surface area contributed by atoms with Gasteiger partial charge in [0.15, 0.2) is 10.8 Å². The van der Waals surface area contributed by atoms with Gasteiger partial charge >= 0.3 is 0 Å². The first kappa shape index (κ1) is 12.5. The molecule has 6 heteroatoms. The van der Waals surface area contributed by atoms with Crippen LogP contribution in [0.4, 0.5) is 8.78 Å². The molecule has 0 N–H and O–H groups in total. The molecule has 0 amide bonds. The van der Waals surface area contributed by atoms with Crippen molar-refractivity contribution in [3.63, 3.8) is 0 Å². The van der Waals surface area contributed by atoms with Gasteiger partial charge in [-0.3, -0.25) is 0 Å². The average Bonchev–Trinajstić information content (AvgIpc) is 3.01. The summed E-state index contributed by atoms with van der Waals surface area (Å²) in [7, 11) is 0. The molecular formula is C13H4F2N4. The molecule has 90 valence electrons. The zero-order valence-corrected chi connectivity index (χ0v) is 9.35. The van der Waals surface area contributed by atoms with Crippen LogP contribution in [0, 0.1) is 67.8 Å². The van der Waals surface area contributed by atoms with Crippen LogP contribution in [0.3, 0.4) is 0 Å². The standard InChI is InChI=1S/C13H4F2N4/c14-8-1-2-9(10(15)3-8)11-12(4-16,5-17)13(11,6-18)7-19/h1-3,11H. The fourth-order valence-corrected chi connectivity index (χ4v) is 2.34. The van der Waals surface area contributed by atoms with Gasteiger partial charge in [0.1, 0.15) is 11.6 Å². The minimum absolute atomic E-state index is 0.174. The van der Waals surface area contributed by atoms with Crippen molar-refractivity contribution >= 4 is 0 Å². The van der Waals surface area contributed by atoms with Crippen LogP contribution in [0.15, 0.2) is 18.2 Å². The van der Waals surface area contributed by atoms with Gasteiger partial charge in [-0.1, -0.05) is 6.07 Å². The number of nitriles is 4. The molecule has 0 bridgehead atoms. The minimum atomic E-state index is -1.92. The third-order valence-electron chi connectivity index (χ3n) is 3.38. The molecule has 1 fully saturated rings. The maximum absolute atomic E-state index is 13.7. The Kier molecular flexibility index (Phi) is 2.48. The first-order valence-electron chi connectivity index (χ1n) is 5.13. The van der Waals surface area contributed by atoms with Crippen molar-refractivity contribution in [1.29, 1.82) is 21.0 Å². The normalized spacial score (nSPS) is 18.4. The summed E-state index contributed by atoms with van der Waals surface area (Å²) in [6.07, 6.45) is 0. The topological polar surface area (TPSA) is 95.2 Å². The second-order valence-electron chi connectivity index (χ2n) is 4.16. The van der Waals surface area contributed by atoms with Crippen molar-refractivity contribution in [3.8, 4) is 24.3 Å². The Balaban J connectivity index is 2.66. The molecule has 4 nitrogen and oxygen atoms in total. The summed E-state index contributed by atoms with van der Waals surface area (Å²) < 4.78 is 26.5. The monoisotopic (exact) mass is 254 g/mol. The molecule has 0 saturated heterocycles. The van der Waals surface area contributed by atoms with Crippen molar-refractivity contribution in [1.82, 2.24) is 0 Å². The second-order valence-corrected chi connectivity index (χ2v) is 4.16. The van der Waals surface area contributed by atoms with Crippen molar-refractivity contribution < 1.29 is 8.78 Å². The Morgan fingerprint density at radius 1 is 0.895 bits per heavy atom. The van der Waals surface area contributed by atoms with Crippen LogP contribution in [0.2, 0.25) is 0 Å². The fraction of sp³-hybridized carbons (Fsp3) is 0.231. The largest absolute Gasteiger partial charge is 0.207 e. The van der Waals surface area contributed by atoms with Crippen LogP contribution < -0.4 is 0 Å². The van der Waals surface area contributed by atoms with Crippen LogP contribution >= 0.6 is 0 Å². The lowest BCUT2D eigenvalue weighted by atomic mass is 9.98. The Morgan fingerprint density at radius 2 is 1.37 bits per heavy atom. The Hall–Kier alpha value is -2.96. The summed E-state index contributed by atoms with van der Waals surface area (Å²) in [5, 5.41) is 36.2. The molecule has 0 aliphatic heterocycles. The van der Waals surface area contributed by atoms with E-state index >= 15 is 0 Å². The predicted octanol–water partition coefficient (Wildman–Crippen LogP) is 2.13. The van der Waals surface area contributed by atoms with Crippen molar-refractivity contribution in [3.05, 3.63) is 35.4 Å². The van der Waals surface area contributed by atoms with E-state index in [0.717, 1.165) is 12.1 Å². The molecule has 19 heavy (non-hydrogen) atoms. The van der Waals surface area contributed by atoms with E-state index in [4.69, 9.17) is 21.0 Å². The van der Waals surface area contributed by atoms with Crippen molar-refractivity contribution in [2.24, 2.45) is 10.8 Å². The Labute approximate surface area is 107 Å². The highest BCUT2D eigenvalue weighted by atomic mass is 19.1. The molecular weight excluding hydrogens is 250 g/mol. The lowest BCUT2D eigenvalue weighted by molar-refractivity contribution is 0.568. The molecule has 0 unspecified atom stereocenters. The van der Waals surface area contributed by atoms with E-state index in [0.29, 0.717) is 6.07 Å². The van der Waals surface area contributed by atoms with E-state index in [9.17, 15) is 8.78 Å². The molecule has 0 heterocycles. The smallest absolute Gasteiger partial charge is 0.185 e. The SMILES string of the molecule is N#CC1(C#N)C(c2ccc(F)cc2F)C1(C#N)C#N. The molecule has 1 aliphatic rings. The first-order valence-corrected chi connectivity index (χ1v) is 5.13. The quantitative estimate of drug-likeness (QED) is 0.766. The lowest BCUT2D eigenvalue weighted by Gasteiger charge is -2.01. The number of hydrogen-bond acceptors (Lipinski definition) is 4. The fourth-order valence-electron chi connectivity index (χ4n) is 2.34. The van der Waals surface area contributed by atoms with Crippen molar-refractivity contribution in [2.45, 2.75) is 5.92 Å².